The van der Waals surface area contributed by atoms with Crippen LogP contribution in [0.2, 0.25) is 0 Å². The lowest BCUT2D eigenvalue weighted by atomic mass is 10.0. The zero-order chi connectivity index (χ0) is 17.1. The summed E-state index contributed by atoms with van der Waals surface area (Å²) >= 11 is 0. The van der Waals surface area contributed by atoms with Crippen molar-refractivity contribution in [2.75, 3.05) is 19.6 Å². The van der Waals surface area contributed by atoms with E-state index in [1.807, 2.05) is 53.4 Å². The Morgan fingerprint density at radius 1 is 1.04 bits per heavy atom. The van der Waals surface area contributed by atoms with Gasteiger partial charge in [-0.05, 0) is 17.7 Å². The molecule has 6 heteroatoms. The minimum absolute atomic E-state index is 0.0791. The van der Waals surface area contributed by atoms with Gasteiger partial charge >= 0.3 is 0 Å². The molecule has 0 spiro atoms. The van der Waals surface area contributed by atoms with Gasteiger partial charge in [0.2, 0.25) is 0 Å². The van der Waals surface area contributed by atoms with Gasteiger partial charge in [-0.15, -0.1) is 5.10 Å². The standard InChI is InChI=1S/C19H19N5O/c25-19(18-14-24(22-21-18)16-9-5-2-6-10-16)23-12-11-20-17(13-23)15-7-3-1-4-8-15/h1-10,14,17,20H,11-13H2/t17-/m1/s1. The molecule has 1 saturated heterocycles. The Morgan fingerprint density at radius 3 is 2.52 bits per heavy atom. The quantitative estimate of drug-likeness (QED) is 0.797. The number of hydrogen-bond acceptors (Lipinski definition) is 4. The van der Waals surface area contributed by atoms with Crippen molar-refractivity contribution in [3.05, 3.63) is 78.1 Å². The van der Waals surface area contributed by atoms with Crippen LogP contribution in [0.25, 0.3) is 5.69 Å². The maximum Gasteiger partial charge on any atom is 0.276 e. The summed E-state index contributed by atoms with van der Waals surface area (Å²) in [6, 6.07) is 20.0. The molecule has 126 valence electrons. The van der Waals surface area contributed by atoms with Gasteiger partial charge in [-0.25, -0.2) is 4.68 Å². The molecule has 6 nitrogen and oxygen atoms in total. The van der Waals surface area contributed by atoms with Crippen LogP contribution in [0.15, 0.2) is 66.9 Å². The zero-order valence-electron chi connectivity index (χ0n) is 13.7. The van der Waals surface area contributed by atoms with E-state index >= 15 is 0 Å². The van der Waals surface area contributed by atoms with Gasteiger partial charge in [0.25, 0.3) is 5.91 Å². The van der Waals surface area contributed by atoms with Gasteiger partial charge in [-0.3, -0.25) is 4.79 Å². The number of carbonyl (C=O) groups is 1. The first-order valence-corrected chi connectivity index (χ1v) is 8.36. The number of para-hydroxylation sites is 1. The van der Waals surface area contributed by atoms with Gasteiger partial charge in [-0.2, -0.15) is 0 Å². The van der Waals surface area contributed by atoms with E-state index in [2.05, 4.69) is 27.8 Å². The second-order valence-electron chi connectivity index (χ2n) is 6.05. The molecule has 25 heavy (non-hydrogen) atoms. The van der Waals surface area contributed by atoms with Gasteiger partial charge < -0.3 is 10.2 Å². The normalized spacial score (nSPS) is 17.4. The van der Waals surface area contributed by atoms with E-state index in [1.165, 1.54) is 5.56 Å². The second-order valence-corrected chi connectivity index (χ2v) is 6.05. The first kappa shape index (κ1) is 15.5. The van der Waals surface area contributed by atoms with E-state index in [0.29, 0.717) is 18.8 Å². The van der Waals surface area contributed by atoms with Gasteiger partial charge in [0.15, 0.2) is 5.69 Å². The zero-order valence-corrected chi connectivity index (χ0v) is 13.7. The summed E-state index contributed by atoms with van der Waals surface area (Å²) in [7, 11) is 0. The third-order valence-corrected chi connectivity index (χ3v) is 4.40. The Balaban J connectivity index is 1.50. The van der Waals surface area contributed by atoms with Gasteiger partial charge in [-0.1, -0.05) is 53.7 Å². The molecular weight excluding hydrogens is 314 g/mol. The van der Waals surface area contributed by atoms with Crippen LogP contribution in [0.1, 0.15) is 22.1 Å². The highest BCUT2D eigenvalue weighted by Gasteiger charge is 2.26. The van der Waals surface area contributed by atoms with Crippen LogP contribution in [0.4, 0.5) is 0 Å². The fourth-order valence-corrected chi connectivity index (χ4v) is 3.07. The molecule has 1 aromatic heterocycles. The number of hydrogen-bond donors (Lipinski definition) is 1. The fourth-order valence-electron chi connectivity index (χ4n) is 3.07. The summed E-state index contributed by atoms with van der Waals surface area (Å²) in [4.78, 5) is 14.6. The summed E-state index contributed by atoms with van der Waals surface area (Å²) in [5.74, 6) is -0.0791. The highest BCUT2D eigenvalue weighted by molar-refractivity contribution is 5.92. The number of nitrogens with zero attached hydrogens (tertiary/aromatic N) is 4. The lowest BCUT2D eigenvalue weighted by Crippen LogP contribution is -2.48. The van der Waals surface area contributed by atoms with E-state index in [-0.39, 0.29) is 11.9 Å². The molecule has 1 aliphatic heterocycles. The smallest absolute Gasteiger partial charge is 0.276 e. The minimum Gasteiger partial charge on any atom is -0.334 e. The van der Waals surface area contributed by atoms with Gasteiger partial charge in [0.1, 0.15) is 0 Å². The number of carbonyl (C=O) groups excluding carboxylic acids is 1. The van der Waals surface area contributed by atoms with Crippen molar-refractivity contribution in [1.82, 2.24) is 25.2 Å². The Bertz CT molecular complexity index is 847. The Labute approximate surface area is 146 Å². The second kappa shape index (κ2) is 6.86. The molecule has 2 aromatic carbocycles. The van der Waals surface area contributed by atoms with Crippen LogP contribution < -0.4 is 5.32 Å². The van der Waals surface area contributed by atoms with E-state index in [1.54, 1.807) is 10.9 Å². The summed E-state index contributed by atoms with van der Waals surface area (Å²) in [6.45, 7) is 2.06. The predicted molar refractivity (Wildman–Crippen MR) is 94.4 cm³/mol. The summed E-state index contributed by atoms with van der Waals surface area (Å²) in [6.07, 6.45) is 1.69. The number of piperazine rings is 1. The first-order chi connectivity index (χ1) is 12.3. The number of amides is 1. The fraction of sp³-hybridized carbons (Fsp3) is 0.211. The van der Waals surface area contributed by atoms with E-state index < -0.39 is 0 Å². The maximum atomic E-state index is 12.8. The molecule has 1 atom stereocenters. The van der Waals surface area contributed by atoms with Crippen LogP contribution in [0.5, 0.6) is 0 Å². The summed E-state index contributed by atoms with van der Waals surface area (Å²) < 4.78 is 1.63. The molecule has 2 heterocycles. The molecular formula is C19H19N5O. The van der Waals surface area contributed by atoms with Crippen LogP contribution in [-0.2, 0) is 0 Å². The third-order valence-electron chi connectivity index (χ3n) is 4.40. The topological polar surface area (TPSA) is 63.1 Å². The lowest BCUT2D eigenvalue weighted by molar-refractivity contribution is 0.0697. The third kappa shape index (κ3) is 3.29. The Hall–Kier alpha value is -2.99. The van der Waals surface area contributed by atoms with E-state index in [0.717, 1.165) is 12.2 Å². The van der Waals surface area contributed by atoms with Crippen LogP contribution in [0.3, 0.4) is 0 Å². The molecule has 1 fully saturated rings. The van der Waals surface area contributed by atoms with Crippen molar-refractivity contribution in [3.8, 4) is 5.69 Å². The van der Waals surface area contributed by atoms with Gasteiger partial charge in [0, 0.05) is 25.7 Å². The highest BCUT2D eigenvalue weighted by Crippen LogP contribution is 2.18. The molecule has 0 saturated carbocycles. The van der Waals surface area contributed by atoms with Crippen molar-refractivity contribution in [2.45, 2.75) is 6.04 Å². The molecule has 1 N–H and O–H groups in total. The number of aromatic nitrogens is 3. The van der Waals surface area contributed by atoms with Crippen molar-refractivity contribution in [1.29, 1.82) is 0 Å². The van der Waals surface area contributed by atoms with E-state index in [9.17, 15) is 4.79 Å². The summed E-state index contributed by atoms with van der Waals surface area (Å²) in [5, 5.41) is 11.6. The monoisotopic (exact) mass is 333 g/mol. The predicted octanol–water partition coefficient (Wildman–Crippen LogP) is 2.05. The average Bonchev–Trinajstić information content (AvgIpc) is 3.19. The van der Waals surface area contributed by atoms with Crippen LogP contribution in [0, 0.1) is 0 Å². The van der Waals surface area contributed by atoms with Crippen molar-refractivity contribution >= 4 is 5.91 Å². The molecule has 1 amide bonds. The Kier molecular flexibility index (Phi) is 4.26. The first-order valence-electron chi connectivity index (χ1n) is 8.36. The molecule has 0 unspecified atom stereocenters. The van der Waals surface area contributed by atoms with Crippen molar-refractivity contribution < 1.29 is 4.79 Å². The Morgan fingerprint density at radius 2 is 1.76 bits per heavy atom. The molecule has 1 aliphatic rings. The van der Waals surface area contributed by atoms with Gasteiger partial charge in [0.05, 0.1) is 11.9 Å². The van der Waals surface area contributed by atoms with Crippen LogP contribution >= 0.6 is 0 Å². The molecule has 4 rings (SSSR count). The molecule has 3 aromatic rings. The maximum absolute atomic E-state index is 12.8. The van der Waals surface area contributed by atoms with Crippen molar-refractivity contribution in [3.63, 3.8) is 0 Å². The number of benzene rings is 2. The van der Waals surface area contributed by atoms with Crippen LogP contribution in [-0.4, -0.2) is 45.4 Å². The number of nitrogens with one attached hydrogen (secondary N) is 1. The largest absolute Gasteiger partial charge is 0.334 e. The lowest BCUT2D eigenvalue weighted by Gasteiger charge is -2.33. The SMILES string of the molecule is O=C(c1cn(-c2ccccc2)nn1)N1CCN[C@@H](c2ccccc2)C1. The molecule has 0 bridgehead atoms. The van der Waals surface area contributed by atoms with Crippen molar-refractivity contribution in [2.24, 2.45) is 0 Å². The highest BCUT2D eigenvalue weighted by atomic mass is 16.2. The molecule has 0 radical (unpaired) electrons. The minimum atomic E-state index is -0.0791. The van der Waals surface area contributed by atoms with E-state index in [4.69, 9.17) is 0 Å². The number of rotatable bonds is 3. The summed E-state index contributed by atoms with van der Waals surface area (Å²) in [5.41, 5.74) is 2.45. The molecule has 0 aliphatic carbocycles. The average molecular weight is 333 g/mol.